The summed E-state index contributed by atoms with van der Waals surface area (Å²) in [5.41, 5.74) is 0. The molecule has 0 amide bonds. The molecule has 1 aromatic rings. The lowest BCUT2D eigenvalue weighted by Crippen LogP contribution is -2.09. The molecule has 5 heteroatoms. The molecule has 0 heterocycles. The summed E-state index contributed by atoms with van der Waals surface area (Å²) in [6.45, 7) is 1.99. The van der Waals surface area contributed by atoms with Crippen LogP contribution >= 0.6 is 45.8 Å². The molecule has 0 atom stereocenters. The molecule has 1 rings (SSSR count). The van der Waals surface area contributed by atoms with Gasteiger partial charge in [-0.15, -0.1) is 0 Å². The fourth-order valence-corrected chi connectivity index (χ4v) is 2.64. The largest absolute Gasteiger partial charge is 0.424 e. The zero-order valence-corrected chi connectivity index (χ0v) is 12.3. The van der Waals surface area contributed by atoms with Gasteiger partial charge in [0.15, 0.2) is 5.75 Å². The van der Waals surface area contributed by atoms with Crippen molar-refractivity contribution in [2.45, 2.75) is 19.8 Å². The third-order valence-electron chi connectivity index (χ3n) is 1.77. The predicted octanol–water partition coefficient (Wildman–Crippen LogP) is 4.51. The molecule has 16 heavy (non-hydrogen) atoms. The highest BCUT2D eigenvalue weighted by Gasteiger charge is 2.12. The van der Waals surface area contributed by atoms with Crippen molar-refractivity contribution in [1.82, 2.24) is 0 Å². The van der Waals surface area contributed by atoms with Gasteiger partial charge in [-0.05, 0) is 41.1 Å². The molecule has 0 fully saturated rings. The summed E-state index contributed by atoms with van der Waals surface area (Å²) < 4.78 is 5.86. The topological polar surface area (TPSA) is 26.3 Å². The second-order valence-corrected chi connectivity index (χ2v) is 5.12. The van der Waals surface area contributed by atoms with Crippen LogP contribution in [0.3, 0.4) is 0 Å². The SMILES string of the molecule is CCC[CH]C(=O)Oc1c(Cl)cc(Cl)cc1I. The van der Waals surface area contributed by atoms with Gasteiger partial charge in [0, 0.05) is 5.02 Å². The Morgan fingerprint density at radius 3 is 2.75 bits per heavy atom. The molecule has 0 saturated carbocycles. The highest BCUT2D eigenvalue weighted by Crippen LogP contribution is 2.33. The zero-order valence-electron chi connectivity index (χ0n) is 8.60. The van der Waals surface area contributed by atoms with Gasteiger partial charge < -0.3 is 4.74 Å². The van der Waals surface area contributed by atoms with Crippen molar-refractivity contribution in [2.75, 3.05) is 0 Å². The monoisotopic (exact) mass is 371 g/mol. The molecule has 87 valence electrons. The minimum absolute atomic E-state index is 0.343. The van der Waals surface area contributed by atoms with Crippen LogP contribution in [0.4, 0.5) is 0 Å². The Bertz CT molecular complexity index is 371. The van der Waals surface area contributed by atoms with Crippen LogP contribution in [0.15, 0.2) is 12.1 Å². The van der Waals surface area contributed by atoms with E-state index in [-0.39, 0.29) is 5.97 Å². The first kappa shape index (κ1) is 14.1. The Hall–Kier alpha value is -0.000000000000000111. The van der Waals surface area contributed by atoms with E-state index in [2.05, 4.69) is 0 Å². The Kier molecular flexibility index (Phi) is 5.86. The normalized spacial score (nSPS) is 10.2. The van der Waals surface area contributed by atoms with Crippen molar-refractivity contribution >= 4 is 51.8 Å². The van der Waals surface area contributed by atoms with Gasteiger partial charge in [-0.1, -0.05) is 36.5 Å². The molecule has 0 bridgehead atoms. The fraction of sp³-hybridized carbons (Fsp3) is 0.273. The first-order valence-electron chi connectivity index (χ1n) is 4.74. The lowest BCUT2D eigenvalue weighted by molar-refractivity contribution is -0.130. The summed E-state index contributed by atoms with van der Waals surface area (Å²) >= 11 is 13.8. The number of ether oxygens (including phenoxy) is 1. The van der Waals surface area contributed by atoms with Gasteiger partial charge in [0.25, 0.3) is 0 Å². The highest BCUT2D eigenvalue weighted by molar-refractivity contribution is 14.1. The summed E-state index contributed by atoms with van der Waals surface area (Å²) in [5, 5.41) is 0.863. The maximum absolute atomic E-state index is 11.4. The van der Waals surface area contributed by atoms with E-state index >= 15 is 0 Å². The molecule has 1 radical (unpaired) electrons. The van der Waals surface area contributed by atoms with E-state index in [0.717, 1.165) is 6.42 Å². The van der Waals surface area contributed by atoms with Crippen molar-refractivity contribution in [1.29, 1.82) is 0 Å². The van der Waals surface area contributed by atoms with E-state index in [1.54, 1.807) is 12.1 Å². The number of carbonyl (C=O) groups excluding carboxylic acids is 1. The highest BCUT2D eigenvalue weighted by atomic mass is 127. The van der Waals surface area contributed by atoms with Gasteiger partial charge in [-0.2, -0.15) is 0 Å². The van der Waals surface area contributed by atoms with E-state index in [1.165, 1.54) is 6.42 Å². The van der Waals surface area contributed by atoms with E-state index in [9.17, 15) is 4.79 Å². The van der Waals surface area contributed by atoms with Crippen LogP contribution in [-0.4, -0.2) is 5.97 Å². The third-order valence-corrected chi connectivity index (χ3v) is 3.07. The van der Waals surface area contributed by atoms with E-state index < -0.39 is 0 Å². The van der Waals surface area contributed by atoms with E-state index in [4.69, 9.17) is 27.9 Å². The average Bonchev–Trinajstić information content (AvgIpc) is 2.20. The average molecular weight is 372 g/mol. The molecule has 2 nitrogen and oxygen atoms in total. The Balaban J connectivity index is 2.77. The first-order chi connectivity index (χ1) is 7.54. The van der Waals surface area contributed by atoms with Crippen molar-refractivity contribution in [3.63, 3.8) is 0 Å². The first-order valence-corrected chi connectivity index (χ1v) is 6.57. The van der Waals surface area contributed by atoms with Crippen LogP contribution in [0, 0.1) is 9.99 Å². The Labute approximate surface area is 118 Å². The van der Waals surface area contributed by atoms with Crippen LogP contribution in [0.5, 0.6) is 5.75 Å². The second-order valence-electron chi connectivity index (χ2n) is 3.11. The smallest absolute Gasteiger partial charge is 0.315 e. The molecule has 0 N–H and O–H groups in total. The molecule has 0 unspecified atom stereocenters. The molecule has 0 aliphatic carbocycles. The quantitative estimate of drug-likeness (QED) is 0.442. The van der Waals surface area contributed by atoms with Crippen molar-refractivity contribution in [2.24, 2.45) is 0 Å². The second kappa shape index (κ2) is 6.67. The van der Waals surface area contributed by atoms with Crippen LogP contribution in [-0.2, 0) is 4.79 Å². The van der Waals surface area contributed by atoms with Gasteiger partial charge in [-0.25, -0.2) is 0 Å². The number of carbonyl (C=O) groups is 1. The molecule has 0 aliphatic rings. The summed E-state index contributed by atoms with van der Waals surface area (Å²) in [4.78, 5) is 11.4. The van der Waals surface area contributed by atoms with Crippen molar-refractivity contribution in [3.05, 3.63) is 32.2 Å². The van der Waals surface area contributed by atoms with Crippen LogP contribution in [0.25, 0.3) is 0 Å². The third kappa shape index (κ3) is 4.11. The van der Waals surface area contributed by atoms with Crippen molar-refractivity contribution < 1.29 is 9.53 Å². The zero-order chi connectivity index (χ0) is 12.1. The summed E-state index contributed by atoms with van der Waals surface area (Å²) in [6.07, 6.45) is 3.10. The Morgan fingerprint density at radius 1 is 1.50 bits per heavy atom. The van der Waals surface area contributed by atoms with Crippen LogP contribution in [0.2, 0.25) is 10.0 Å². The minimum Gasteiger partial charge on any atom is -0.424 e. The number of hydrogen-bond acceptors (Lipinski definition) is 2. The predicted molar refractivity (Wildman–Crippen MR) is 74.0 cm³/mol. The van der Waals surface area contributed by atoms with Gasteiger partial charge >= 0.3 is 5.97 Å². The number of hydrogen-bond donors (Lipinski definition) is 0. The number of benzene rings is 1. The van der Waals surface area contributed by atoms with E-state index in [0.29, 0.717) is 25.8 Å². The summed E-state index contributed by atoms with van der Waals surface area (Å²) in [6, 6.07) is 3.24. The van der Waals surface area contributed by atoms with Crippen molar-refractivity contribution in [3.8, 4) is 5.75 Å². The van der Waals surface area contributed by atoms with Gasteiger partial charge in [0.1, 0.15) is 0 Å². The standard InChI is InChI=1S/C11H10Cl2IO2/c1-2-3-4-10(15)16-11-8(13)5-7(12)6-9(11)14/h4-6H,2-3H2,1H3. The molecular formula is C11H10Cl2IO2. The summed E-state index contributed by atoms with van der Waals surface area (Å²) in [7, 11) is 0. The molecule has 1 aromatic carbocycles. The number of esters is 1. The van der Waals surface area contributed by atoms with Gasteiger partial charge in [0.05, 0.1) is 15.0 Å². The molecule has 0 spiro atoms. The lowest BCUT2D eigenvalue weighted by atomic mass is 10.2. The minimum atomic E-state index is -0.385. The molecule has 0 saturated heterocycles. The number of halogens is 3. The maximum Gasteiger partial charge on any atom is 0.315 e. The lowest BCUT2D eigenvalue weighted by Gasteiger charge is -2.08. The van der Waals surface area contributed by atoms with E-state index in [1.807, 2.05) is 29.5 Å². The number of rotatable bonds is 4. The molecule has 0 aliphatic heterocycles. The van der Waals surface area contributed by atoms with Crippen LogP contribution < -0.4 is 4.74 Å². The maximum atomic E-state index is 11.4. The fourth-order valence-electron chi connectivity index (χ4n) is 1.03. The Morgan fingerprint density at radius 2 is 2.19 bits per heavy atom. The van der Waals surface area contributed by atoms with Gasteiger partial charge in [-0.3, -0.25) is 4.79 Å². The molecular weight excluding hydrogens is 362 g/mol. The van der Waals surface area contributed by atoms with Crippen LogP contribution in [0.1, 0.15) is 19.8 Å². The number of unbranched alkanes of at least 4 members (excludes halogenated alkanes) is 1. The molecule has 0 aromatic heterocycles. The summed E-state index contributed by atoms with van der Waals surface area (Å²) in [5.74, 6) is -0.0204. The van der Waals surface area contributed by atoms with Gasteiger partial charge in [0.2, 0.25) is 0 Å².